The number of aliphatic imine (C=N–C) groups is 1. The molecule has 1 aliphatic rings. The van der Waals surface area contributed by atoms with Gasteiger partial charge in [-0.15, -0.1) is 24.0 Å². The van der Waals surface area contributed by atoms with E-state index in [1.165, 1.54) is 24.0 Å². The lowest BCUT2D eigenvalue weighted by Gasteiger charge is -2.07. The minimum Gasteiger partial charge on any atom is -0.370 e. The van der Waals surface area contributed by atoms with E-state index in [0.29, 0.717) is 5.96 Å². The van der Waals surface area contributed by atoms with Crippen molar-refractivity contribution in [1.82, 2.24) is 0 Å². The van der Waals surface area contributed by atoms with Crippen molar-refractivity contribution in [1.29, 1.82) is 0 Å². The van der Waals surface area contributed by atoms with Gasteiger partial charge in [-0.2, -0.15) is 0 Å². The van der Waals surface area contributed by atoms with Gasteiger partial charge in [-0.3, -0.25) is 4.99 Å². The van der Waals surface area contributed by atoms with Gasteiger partial charge >= 0.3 is 0 Å². The first-order chi connectivity index (χ1) is 7.63. The molecule has 0 radical (unpaired) electrons. The summed E-state index contributed by atoms with van der Waals surface area (Å²) in [6.45, 7) is 5.02. The molecule has 0 saturated heterocycles. The molecule has 2 rings (SSSR count). The predicted molar refractivity (Wildman–Crippen MR) is 84.2 cm³/mol. The largest absolute Gasteiger partial charge is 0.370 e. The number of halogens is 1. The molecular weight excluding hydrogens is 325 g/mol. The second kappa shape index (κ2) is 6.23. The molecule has 0 spiro atoms. The second-order valence-corrected chi connectivity index (χ2v) is 4.67. The van der Waals surface area contributed by atoms with Gasteiger partial charge in [-0.05, 0) is 55.9 Å². The van der Waals surface area contributed by atoms with Crippen LogP contribution < -0.4 is 11.1 Å². The molecular formula is C13H20IN3. The number of nitrogens with one attached hydrogen (secondary N) is 1. The summed E-state index contributed by atoms with van der Waals surface area (Å²) in [5.74, 6) is 1.30. The highest BCUT2D eigenvalue weighted by Crippen LogP contribution is 2.28. The molecule has 1 fully saturated rings. The summed E-state index contributed by atoms with van der Waals surface area (Å²) in [7, 11) is 0. The molecule has 0 bridgehead atoms. The van der Waals surface area contributed by atoms with Crippen LogP contribution >= 0.6 is 24.0 Å². The molecule has 1 aromatic rings. The maximum Gasteiger partial charge on any atom is 0.193 e. The Morgan fingerprint density at radius 1 is 1.29 bits per heavy atom. The predicted octanol–water partition coefficient (Wildman–Crippen LogP) is 3.06. The van der Waals surface area contributed by atoms with E-state index in [0.717, 1.165) is 18.2 Å². The Kier molecular flexibility index (Phi) is 5.24. The molecule has 0 atom stereocenters. The lowest BCUT2D eigenvalue weighted by molar-refractivity contribution is 0.846. The topological polar surface area (TPSA) is 50.4 Å². The molecule has 0 aliphatic heterocycles. The normalized spacial score (nSPS) is 15.3. The fourth-order valence-corrected chi connectivity index (χ4v) is 1.76. The van der Waals surface area contributed by atoms with Crippen LogP contribution in [0.3, 0.4) is 0 Å². The van der Waals surface area contributed by atoms with Gasteiger partial charge in [0.2, 0.25) is 0 Å². The Morgan fingerprint density at radius 3 is 2.41 bits per heavy atom. The van der Waals surface area contributed by atoms with Crippen LogP contribution in [0.5, 0.6) is 0 Å². The molecule has 1 aliphatic carbocycles. The maximum atomic E-state index is 5.82. The highest BCUT2D eigenvalue weighted by Gasteiger charge is 2.20. The summed E-state index contributed by atoms with van der Waals surface area (Å²) in [5.41, 5.74) is 9.31. The van der Waals surface area contributed by atoms with Crippen molar-refractivity contribution in [3.63, 3.8) is 0 Å². The van der Waals surface area contributed by atoms with Crippen molar-refractivity contribution in [3.05, 3.63) is 29.3 Å². The molecule has 3 nitrogen and oxygen atoms in total. The summed E-state index contributed by atoms with van der Waals surface area (Å²) >= 11 is 0. The molecule has 94 valence electrons. The first kappa shape index (κ1) is 14.3. The highest BCUT2D eigenvalue weighted by molar-refractivity contribution is 14.0. The van der Waals surface area contributed by atoms with Gasteiger partial charge in [-0.1, -0.05) is 6.07 Å². The molecule has 0 unspecified atom stereocenters. The third kappa shape index (κ3) is 4.93. The van der Waals surface area contributed by atoms with E-state index in [2.05, 4.69) is 42.4 Å². The van der Waals surface area contributed by atoms with E-state index in [-0.39, 0.29) is 24.0 Å². The number of hydrogen-bond donors (Lipinski definition) is 2. The summed E-state index contributed by atoms with van der Waals surface area (Å²) in [5, 5.41) is 3.13. The minimum atomic E-state index is 0. The Bertz CT molecular complexity index is 391. The van der Waals surface area contributed by atoms with Gasteiger partial charge in [0.1, 0.15) is 0 Å². The molecule has 1 saturated carbocycles. The minimum absolute atomic E-state index is 0. The van der Waals surface area contributed by atoms with E-state index in [1.807, 2.05) is 0 Å². The van der Waals surface area contributed by atoms with Crippen molar-refractivity contribution in [2.45, 2.75) is 26.7 Å². The number of aryl methyl sites for hydroxylation is 2. The number of nitrogens with zero attached hydrogens (tertiary/aromatic N) is 1. The van der Waals surface area contributed by atoms with Crippen LogP contribution in [0.25, 0.3) is 0 Å². The SMILES string of the molecule is Cc1cc(C)cc(NC(N)=NCC2CC2)c1.I. The Labute approximate surface area is 120 Å². The Morgan fingerprint density at radius 2 is 1.88 bits per heavy atom. The van der Waals surface area contributed by atoms with Crippen LogP contribution in [0, 0.1) is 19.8 Å². The van der Waals surface area contributed by atoms with Crippen LogP contribution in [0.15, 0.2) is 23.2 Å². The Hall–Kier alpha value is -0.780. The van der Waals surface area contributed by atoms with Crippen LogP contribution in [-0.2, 0) is 0 Å². The lowest BCUT2D eigenvalue weighted by Crippen LogP contribution is -2.23. The number of nitrogens with two attached hydrogens (primary N) is 1. The summed E-state index contributed by atoms with van der Waals surface area (Å²) < 4.78 is 0. The summed E-state index contributed by atoms with van der Waals surface area (Å²) in [6.07, 6.45) is 2.61. The third-order valence-corrected chi connectivity index (χ3v) is 2.71. The number of hydrogen-bond acceptors (Lipinski definition) is 1. The molecule has 0 amide bonds. The van der Waals surface area contributed by atoms with E-state index >= 15 is 0 Å². The van der Waals surface area contributed by atoms with Crippen LogP contribution in [0.2, 0.25) is 0 Å². The highest BCUT2D eigenvalue weighted by atomic mass is 127. The lowest BCUT2D eigenvalue weighted by atomic mass is 10.1. The fraction of sp³-hybridized carbons (Fsp3) is 0.462. The van der Waals surface area contributed by atoms with Crippen LogP contribution in [-0.4, -0.2) is 12.5 Å². The van der Waals surface area contributed by atoms with E-state index < -0.39 is 0 Å². The third-order valence-electron chi connectivity index (χ3n) is 2.71. The molecule has 17 heavy (non-hydrogen) atoms. The second-order valence-electron chi connectivity index (χ2n) is 4.67. The number of rotatable bonds is 3. The molecule has 4 heteroatoms. The zero-order valence-electron chi connectivity index (χ0n) is 10.4. The molecule has 3 N–H and O–H groups in total. The maximum absolute atomic E-state index is 5.82. The summed E-state index contributed by atoms with van der Waals surface area (Å²) in [6, 6.07) is 6.29. The number of benzene rings is 1. The van der Waals surface area contributed by atoms with Gasteiger partial charge in [-0.25, -0.2) is 0 Å². The molecule has 0 heterocycles. The fourth-order valence-electron chi connectivity index (χ4n) is 1.76. The van der Waals surface area contributed by atoms with Gasteiger partial charge in [0.25, 0.3) is 0 Å². The van der Waals surface area contributed by atoms with Crippen molar-refractivity contribution >= 4 is 35.6 Å². The van der Waals surface area contributed by atoms with Gasteiger partial charge < -0.3 is 11.1 Å². The quantitative estimate of drug-likeness (QED) is 0.503. The smallest absolute Gasteiger partial charge is 0.193 e. The zero-order valence-corrected chi connectivity index (χ0v) is 12.7. The first-order valence-corrected chi connectivity index (χ1v) is 5.79. The van der Waals surface area contributed by atoms with Crippen LogP contribution in [0.4, 0.5) is 5.69 Å². The van der Waals surface area contributed by atoms with Gasteiger partial charge in [0.05, 0.1) is 0 Å². The average Bonchev–Trinajstić information content (AvgIpc) is 2.96. The van der Waals surface area contributed by atoms with E-state index in [9.17, 15) is 0 Å². The number of anilines is 1. The van der Waals surface area contributed by atoms with Crippen molar-refractivity contribution in [2.24, 2.45) is 16.6 Å². The van der Waals surface area contributed by atoms with Crippen molar-refractivity contribution in [2.75, 3.05) is 11.9 Å². The van der Waals surface area contributed by atoms with Gasteiger partial charge in [0, 0.05) is 12.2 Å². The average molecular weight is 345 g/mol. The first-order valence-electron chi connectivity index (χ1n) is 5.79. The van der Waals surface area contributed by atoms with E-state index in [1.54, 1.807) is 0 Å². The molecule has 0 aromatic heterocycles. The van der Waals surface area contributed by atoms with Gasteiger partial charge in [0.15, 0.2) is 5.96 Å². The van der Waals surface area contributed by atoms with Crippen molar-refractivity contribution < 1.29 is 0 Å². The molecule has 1 aromatic carbocycles. The monoisotopic (exact) mass is 345 g/mol. The zero-order chi connectivity index (χ0) is 11.5. The number of guanidine groups is 1. The van der Waals surface area contributed by atoms with Crippen LogP contribution in [0.1, 0.15) is 24.0 Å². The van der Waals surface area contributed by atoms with E-state index in [4.69, 9.17) is 5.73 Å². The standard InChI is InChI=1S/C13H19N3.HI/c1-9-5-10(2)7-12(6-9)16-13(14)15-8-11-3-4-11;/h5-7,11H,3-4,8H2,1-2H3,(H3,14,15,16);1H. The summed E-state index contributed by atoms with van der Waals surface area (Å²) in [4.78, 5) is 4.32. The van der Waals surface area contributed by atoms with Crippen molar-refractivity contribution in [3.8, 4) is 0 Å². The Balaban J connectivity index is 0.00000144.